The van der Waals surface area contributed by atoms with Gasteiger partial charge in [0.25, 0.3) is 0 Å². The molecule has 1 aliphatic rings. The fraction of sp³-hybridized carbons (Fsp3) is 0.314. The van der Waals surface area contributed by atoms with Crippen molar-refractivity contribution in [2.45, 2.75) is 65.7 Å². The second-order valence-corrected chi connectivity index (χ2v) is 14.0. The molecule has 1 N–H and O–H groups in total. The Kier molecular flexibility index (Phi) is 7.72. The standard InChI is InChI=1S/C35H35ClN4O3S/c1-18-13-27-32(29(21-8-10-25(36)11-9-21)28(18)31(34(41)42)43-35(4,5)6)44-33(38-27)23-14-20(3)37-26(16-23)22-12-19(2)30-24(15-22)17-40(7)39-30/h8-13,15-17,20,31H,14H2,1-7H3,(H,41,42)/t20?,31-/m0/s1. The maximum absolute atomic E-state index is 12.7. The molecule has 0 saturated heterocycles. The highest BCUT2D eigenvalue weighted by Crippen LogP contribution is 2.44. The summed E-state index contributed by atoms with van der Waals surface area (Å²) in [6.07, 6.45) is 3.77. The number of fused-ring (bicyclic) bond motifs is 2. The zero-order valence-corrected chi connectivity index (χ0v) is 27.5. The van der Waals surface area contributed by atoms with Gasteiger partial charge in [-0.15, -0.1) is 11.3 Å². The van der Waals surface area contributed by atoms with E-state index in [-0.39, 0.29) is 6.04 Å². The predicted molar refractivity (Wildman–Crippen MR) is 180 cm³/mol. The molecule has 44 heavy (non-hydrogen) atoms. The van der Waals surface area contributed by atoms with E-state index < -0.39 is 17.7 Å². The van der Waals surface area contributed by atoms with Gasteiger partial charge in [0.05, 0.1) is 33.1 Å². The summed E-state index contributed by atoms with van der Waals surface area (Å²) in [5, 5.41) is 17.6. The zero-order valence-electron chi connectivity index (χ0n) is 25.9. The first kappa shape index (κ1) is 30.2. The van der Waals surface area contributed by atoms with Crippen LogP contribution in [0.4, 0.5) is 0 Å². The molecule has 0 aliphatic carbocycles. The number of dihydropyridines is 1. The molecule has 3 heterocycles. The highest BCUT2D eigenvalue weighted by Gasteiger charge is 2.32. The molecule has 0 saturated carbocycles. The Hall–Kier alpha value is -3.85. The van der Waals surface area contributed by atoms with Gasteiger partial charge in [-0.05, 0) is 107 Å². The Labute approximate surface area is 265 Å². The number of hydrogen-bond acceptors (Lipinski definition) is 6. The van der Waals surface area contributed by atoms with Crippen LogP contribution in [0.25, 0.3) is 37.8 Å². The first-order valence-electron chi connectivity index (χ1n) is 14.6. The molecule has 7 nitrogen and oxygen atoms in total. The summed E-state index contributed by atoms with van der Waals surface area (Å²) in [6, 6.07) is 13.9. The number of ether oxygens (including phenoxy) is 1. The van der Waals surface area contributed by atoms with Gasteiger partial charge in [0, 0.05) is 40.3 Å². The summed E-state index contributed by atoms with van der Waals surface area (Å²) in [5.41, 5.74) is 8.45. The largest absolute Gasteiger partial charge is 0.479 e. The summed E-state index contributed by atoms with van der Waals surface area (Å²) in [4.78, 5) is 22.8. The van der Waals surface area contributed by atoms with Gasteiger partial charge in [0.2, 0.25) is 0 Å². The minimum atomic E-state index is -1.16. The summed E-state index contributed by atoms with van der Waals surface area (Å²) in [5.74, 6) is -1.03. The second-order valence-electron chi connectivity index (χ2n) is 12.6. The van der Waals surface area contributed by atoms with Gasteiger partial charge in [-0.2, -0.15) is 5.10 Å². The van der Waals surface area contributed by atoms with Crippen LogP contribution in [0.3, 0.4) is 0 Å². The van der Waals surface area contributed by atoms with Crippen molar-refractivity contribution >= 4 is 61.3 Å². The van der Waals surface area contributed by atoms with Gasteiger partial charge < -0.3 is 9.84 Å². The number of rotatable bonds is 6. The van der Waals surface area contributed by atoms with Gasteiger partial charge in [-0.25, -0.2) is 9.78 Å². The van der Waals surface area contributed by atoms with Gasteiger partial charge >= 0.3 is 5.97 Å². The van der Waals surface area contributed by atoms with Crippen LogP contribution in [0.1, 0.15) is 67.5 Å². The topological polar surface area (TPSA) is 89.6 Å². The van der Waals surface area contributed by atoms with Crippen molar-refractivity contribution in [2.24, 2.45) is 12.0 Å². The lowest BCUT2D eigenvalue weighted by molar-refractivity contribution is -0.160. The monoisotopic (exact) mass is 626 g/mol. The van der Waals surface area contributed by atoms with E-state index in [0.717, 1.165) is 71.7 Å². The average Bonchev–Trinajstić information content (AvgIpc) is 3.54. The van der Waals surface area contributed by atoms with E-state index in [1.807, 2.05) is 76.0 Å². The zero-order chi connectivity index (χ0) is 31.5. The summed E-state index contributed by atoms with van der Waals surface area (Å²) >= 11 is 7.84. The normalized spacial score (nSPS) is 16.3. The van der Waals surface area contributed by atoms with Crippen molar-refractivity contribution in [3.63, 3.8) is 0 Å². The minimum absolute atomic E-state index is 0.0755. The first-order valence-corrected chi connectivity index (χ1v) is 15.8. The number of allylic oxidation sites excluding steroid dienone is 1. The van der Waals surface area contributed by atoms with Gasteiger partial charge in [0.15, 0.2) is 6.10 Å². The molecule has 1 aliphatic heterocycles. The van der Waals surface area contributed by atoms with Gasteiger partial charge in [-0.1, -0.05) is 23.7 Å². The maximum atomic E-state index is 12.7. The minimum Gasteiger partial charge on any atom is -0.479 e. The molecule has 2 aromatic heterocycles. The SMILES string of the molecule is Cc1cc2nc(C3=CC(c4cc(C)c5nn(C)cc5c4)=NC(C)C3)sc2c(-c2ccc(Cl)cc2)c1[C@H](OC(C)(C)C)C(=O)O. The number of carboxylic acid groups (broad SMARTS) is 1. The first-order chi connectivity index (χ1) is 20.8. The van der Waals surface area contributed by atoms with E-state index in [1.54, 1.807) is 11.3 Å². The number of carbonyl (C=O) groups is 1. The number of halogens is 1. The van der Waals surface area contributed by atoms with Crippen LogP contribution in [-0.2, 0) is 16.6 Å². The molecule has 0 fully saturated rings. The number of aliphatic carboxylic acids is 1. The quantitative estimate of drug-likeness (QED) is 0.204. The maximum Gasteiger partial charge on any atom is 0.337 e. The van der Waals surface area contributed by atoms with Crippen LogP contribution in [0.2, 0.25) is 5.02 Å². The molecular formula is C35H35ClN4O3S. The highest BCUT2D eigenvalue weighted by molar-refractivity contribution is 7.20. The fourth-order valence-electron chi connectivity index (χ4n) is 5.92. The molecule has 0 spiro atoms. The summed E-state index contributed by atoms with van der Waals surface area (Å²) in [6.45, 7) is 11.7. The molecule has 3 aromatic carbocycles. The van der Waals surface area contributed by atoms with Crippen LogP contribution in [0.5, 0.6) is 0 Å². The summed E-state index contributed by atoms with van der Waals surface area (Å²) < 4.78 is 8.92. The van der Waals surface area contributed by atoms with Gasteiger partial charge in [-0.3, -0.25) is 9.67 Å². The molecule has 5 aromatic rings. The van der Waals surface area contributed by atoms with Gasteiger partial charge in [0.1, 0.15) is 5.01 Å². The van der Waals surface area contributed by atoms with Crippen LogP contribution < -0.4 is 0 Å². The molecule has 1 unspecified atom stereocenters. The predicted octanol–water partition coefficient (Wildman–Crippen LogP) is 8.73. The van der Waals surface area contributed by atoms with E-state index in [0.29, 0.717) is 10.6 Å². The van der Waals surface area contributed by atoms with Crippen molar-refractivity contribution in [2.75, 3.05) is 0 Å². The lowest BCUT2D eigenvalue weighted by atomic mass is 9.91. The second kappa shape index (κ2) is 11.3. The molecule has 226 valence electrons. The van der Waals surface area contributed by atoms with E-state index in [2.05, 4.69) is 37.2 Å². The van der Waals surface area contributed by atoms with Crippen LogP contribution >= 0.6 is 22.9 Å². The smallest absolute Gasteiger partial charge is 0.337 e. The lowest BCUT2D eigenvalue weighted by Crippen LogP contribution is -2.28. The van der Waals surface area contributed by atoms with Crippen molar-refractivity contribution in [3.8, 4) is 11.1 Å². The molecule has 6 rings (SSSR count). The Morgan fingerprint density at radius 2 is 1.84 bits per heavy atom. The van der Waals surface area contributed by atoms with E-state index in [9.17, 15) is 9.90 Å². The van der Waals surface area contributed by atoms with Crippen LogP contribution in [0, 0.1) is 13.8 Å². The van der Waals surface area contributed by atoms with Crippen molar-refractivity contribution in [1.29, 1.82) is 0 Å². The Balaban J connectivity index is 1.53. The van der Waals surface area contributed by atoms with Crippen molar-refractivity contribution < 1.29 is 14.6 Å². The molecule has 2 atom stereocenters. The lowest BCUT2D eigenvalue weighted by Gasteiger charge is -2.28. The van der Waals surface area contributed by atoms with Crippen molar-refractivity contribution in [1.82, 2.24) is 14.8 Å². The number of aliphatic imine (C=N–C) groups is 1. The van der Waals surface area contributed by atoms with Crippen molar-refractivity contribution in [3.05, 3.63) is 87.0 Å². The number of aromatic nitrogens is 3. The molecule has 0 amide bonds. The number of carboxylic acids is 1. The fourth-order valence-corrected chi connectivity index (χ4v) is 7.20. The molecule has 0 bridgehead atoms. The summed E-state index contributed by atoms with van der Waals surface area (Å²) in [7, 11) is 1.93. The third-order valence-electron chi connectivity index (χ3n) is 7.69. The molecular weight excluding hydrogens is 592 g/mol. The Bertz CT molecular complexity index is 2000. The third-order valence-corrected chi connectivity index (χ3v) is 9.10. The van der Waals surface area contributed by atoms with E-state index in [1.165, 1.54) is 0 Å². The number of benzene rings is 3. The number of aryl methyl sites for hydroxylation is 3. The Morgan fingerprint density at radius 1 is 1.11 bits per heavy atom. The number of hydrogen-bond donors (Lipinski definition) is 1. The van der Waals surface area contributed by atoms with Crippen LogP contribution in [0.15, 0.2) is 59.7 Å². The number of nitrogens with zero attached hydrogens (tertiary/aromatic N) is 4. The van der Waals surface area contributed by atoms with E-state index >= 15 is 0 Å². The van der Waals surface area contributed by atoms with Crippen LogP contribution in [-0.4, -0.2) is 43.2 Å². The average molecular weight is 627 g/mol. The van der Waals surface area contributed by atoms with E-state index in [4.69, 9.17) is 26.3 Å². The third kappa shape index (κ3) is 5.82. The highest BCUT2D eigenvalue weighted by atomic mass is 35.5. The molecule has 9 heteroatoms. The Morgan fingerprint density at radius 3 is 2.52 bits per heavy atom. The number of thiazole rings is 1. The molecule has 0 radical (unpaired) electrons.